The number of nitrogens with zero attached hydrogens (tertiary/aromatic N) is 2. The van der Waals surface area contributed by atoms with Crippen LogP contribution >= 0.6 is 11.8 Å². The summed E-state index contributed by atoms with van der Waals surface area (Å²) in [6, 6.07) is 4.65. The zero-order chi connectivity index (χ0) is 12.7. The summed E-state index contributed by atoms with van der Waals surface area (Å²) in [6.45, 7) is 3.12. The lowest BCUT2D eigenvalue weighted by atomic mass is 10.2. The van der Waals surface area contributed by atoms with E-state index in [1.807, 2.05) is 31.1 Å². The molecular formula is C13H23N3S. The van der Waals surface area contributed by atoms with Gasteiger partial charge in [-0.05, 0) is 38.5 Å². The van der Waals surface area contributed by atoms with Crippen molar-refractivity contribution in [2.24, 2.45) is 0 Å². The third-order valence-corrected chi connectivity index (χ3v) is 3.61. The molecule has 0 fully saturated rings. The van der Waals surface area contributed by atoms with Crippen molar-refractivity contribution in [3.8, 4) is 0 Å². The number of anilines is 1. The summed E-state index contributed by atoms with van der Waals surface area (Å²) in [5, 5.41) is 3.19. The molecule has 4 heteroatoms. The lowest BCUT2D eigenvalue weighted by molar-refractivity contribution is 0.656. The Morgan fingerprint density at radius 2 is 2.29 bits per heavy atom. The molecule has 0 bridgehead atoms. The second-order valence-corrected chi connectivity index (χ2v) is 5.24. The summed E-state index contributed by atoms with van der Waals surface area (Å²) < 4.78 is 0. The fourth-order valence-electron chi connectivity index (χ4n) is 1.77. The first kappa shape index (κ1) is 14.3. The Morgan fingerprint density at radius 1 is 1.53 bits per heavy atom. The van der Waals surface area contributed by atoms with Crippen LogP contribution in [-0.2, 0) is 6.54 Å². The Bertz CT molecular complexity index is 330. The summed E-state index contributed by atoms with van der Waals surface area (Å²) in [5.41, 5.74) is 1.26. The van der Waals surface area contributed by atoms with E-state index in [4.69, 9.17) is 0 Å². The molecule has 0 amide bonds. The van der Waals surface area contributed by atoms with Gasteiger partial charge in [-0.1, -0.05) is 6.07 Å². The molecule has 1 heterocycles. The van der Waals surface area contributed by atoms with Crippen LogP contribution in [0.3, 0.4) is 0 Å². The van der Waals surface area contributed by atoms with E-state index in [-0.39, 0.29) is 0 Å². The van der Waals surface area contributed by atoms with Gasteiger partial charge in [0.05, 0.1) is 0 Å². The van der Waals surface area contributed by atoms with E-state index >= 15 is 0 Å². The predicted octanol–water partition coefficient (Wildman–Crippen LogP) is 2.38. The first-order valence-electron chi connectivity index (χ1n) is 6.01. The summed E-state index contributed by atoms with van der Waals surface area (Å²) >= 11 is 1.90. The van der Waals surface area contributed by atoms with E-state index in [1.165, 1.54) is 17.7 Å². The number of hydrogen-bond donors (Lipinski definition) is 1. The molecule has 3 nitrogen and oxygen atoms in total. The quantitative estimate of drug-likeness (QED) is 0.807. The molecule has 0 aromatic carbocycles. The molecule has 1 atom stereocenters. The molecule has 0 aliphatic rings. The number of aromatic nitrogens is 1. The minimum atomic E-state index is 0.521. The predicted molar refractivity (Wildman–Crippen MR) is 77.9 cm³/mol. The van der Waals surface area contributed by atoms with Gasteiger partial charge in [0, 0.05) is 31.4 Å². The molecule has 0 saturated carbocycles. The molecule has 17 heavy (non-hydrogen) atoms. The van der Waals surface area contributed by atoms with Gasteiger partial charge in [0.2, 0.25) is 0 Å². The fourth-order valence-corrected chi connectivity index (χ4v) is 2.34. The zero-order valence-corrected chi connectivity index (χ0v) is 12.0. The molecule has 1 aromatic rings. The minimum Gasteiger partial charge on any atom is -0.357 e. The van der Waals surface area contributed by atoms with Crippen LogP contribution in [0.15, 0.2) is 18.3 Å². The van der Waals surface area contributed by atoms with Crippen molar-refractivity contribution in [1.29, 1.82) is 0 Å². The third-order valence-electron chi connectivity index (χ3n) is 2.97. The number of thioether (sulfide) groups is 1. The fraction of sp³-hybridized carbons (Fsp3) is 0.615. The van der Waals surface area contributed by atoms with Crippen LogP contribution in [0.2, 0.25) is 0 Å². The minimum absolute atomic E-state index is 0.521. The number of pyridine rings is 1. The Morgan fingerprint density at radius 3 is 2.94 bits per heavy atom. The van der Waals surface area contributed by atoms with Gasteiger partial charge in [-0.3, -0.25) is 0 Å². The molecule has 1 N–H and O–H groups in total. The molecule has 0 spiro atoms. The van der Waals surface area contributed by atoms with Gasteiger partial charge in [0.15, 0.2) is 0 Å². The highest BCUT2D eigenvalue weighted by molar-refractivity contribution is 7.98. The van der Waals surface area contributed by atoms with E-state index in [2.05, 4.69) is 41.5 Å². The van der Waals surface area contributed by atoms with Gasteiger partial charge in [-0.25, -0.2) is 4.98 Å². The highest BCUT2D eigenvalue weighted by Crippen LogP contribution is 2.19. The van der Waals surface area contributed by atoms with Crippen LogP contribution in [0, 0.1) is 0 Å². The first-order chi connectivity index (χ1) is 8.20. The molecule has 96 valence electrons. The summed E-state index contributed by atoms with van der Waals surface area (Å²) in [6.07, 6.45) is 5.21. The average Bonchev–Trinajstić information content (AvgIpc) is 2.36. The highest BCUT2D eigenvalue weighted by Gasteiger charge is 2.13. The van der Waals surface area contributed by atoms with Crippen LogP contribution in [-0.4, -0.2) is 37.1 Å². The summed E-state index contributed by atoms with van der Waals surface area (Å²) in [7, 11) is 4.10. The topological polar surface area (TPSA) is 28.2 Å². The van der Waals surface area contributed by atoms with Gasteiger partial charge in [0.25, 0.3) is 0 Å². The van der Waals surface area contributed by atoms with Gasteiger partial charge >= 0.3 is 0 Å². The molecular weight excluding hydrogens is 230 g/mol. The van der Waals surface area contributed by atoms with E-state index in [1.54, 1.807) is 0 Å². The van der Waals surface area contributed by atoms with Crippen LogP contribution in [0.25, 0.3) is 0 Å². The maximum Gasteiger partial charge on any atom is 0.132 e. The second-order valence-electron chi connectivity index (χ2n) is 4.26. The van der Waals surface area contributed by atoms with Gasteiger partial charge in [-0.2, -0.15) is 11.8 Å². The Kier molecular flexibility index (Phi) is 6.37. The second kappa shape index (κ2) is 7.56. The SMILES string of the molecule is CNCc1cccnc1N(C)C(C)CCSC. The van der Waals surface area contributed by atoms with Crippen molar-refractivity contribution in [2.75, 3.05) is 31.0 Å². The monoisotopic (exact) mass is 253 g/mol. The zero-order valence-electron chi connectivity index (χ0n) is 11.2. The number of hydrogen-bond acceptors (Lipinski definition) is 4. The van der Waals surface area contributed by atoms with Gasteiger partial charge in [-0.15, -0.1) is 0 Å². The molecule has 1 unspecified atom stereocenters. The Labute approximate surface area is 109 Å². The normalized spacial score (nSPS) is 12.5. The summed E-state index contributed by atoms with van der Waals surface area (Å²) in [4.78, 5) is 6.79. The Hall–Kier alpha value is -0.740. The van der Waals surface area contributed by atoms with Crippen molar-refractivity contribution in [1.82, 2.24) is 10.3 Å². The smallest absolute Gasteiger partial charge is 0.132 e. The van der Waals surface area contributed by atoms with Crippen molar-refractivity contribution in [2.45, 2.75) is 25.9 Å². The largest absolute Gasteiger partial charge is 0.357 e. The molecule has 0 aliphatic carbocycles. The highest BCUT2D eigenvalue weighted by atomic mass is 32.2. The van der Waals surface area contributed by atoms with Crippen LogP contribution in [0.1, 0.15) is 18.9 Å². The molecule has 1 aromatic heterocycles. The molecule has 0 radical (unpaired) electrons. The van der Waals surface area contributed by atoms with Crippen molar-refractivity contribution in [3.05, 3.63) is 23.9 Å². The van der Waals surface area contributed by atoms with E-state index < -0.39 is 0 Å². The Balaban J connectivity index is 2.76. The van der Waals surface area contributed by atoms with E-state index in [0.717, 1.165) is 12.4 Å². The van der Waals surface area contributed by atoms with E-state index in [0.29, 0.717) is 6.04 Å². The number of rotatable bonds is 7. The molecule has 0 aliphatic heterocycles. The van der Waals surface area contributed by atoms with Gasteiger partial charge < -0.3 is 10.2 Å². The molecule has 0 saturated heterocycles. The maximum atomic E-state index is 4.51. The third kappa shape index (κ3) is 4.21. The standard InChI is InChI=1S/C13H23N3S/c1-11(7-9-17-4)16(3)13-12(10-14-2)6-5-8-15-13/h5-6,8,11,14H,7,9-10H2,1-4H3. The van der Waals surface area contributed by atoms with Crippen molar-refractivity contribution < 1.29 is 0 Å². The van der Waals surface area contributed by atoms with Crippen molar-refractivity contribution >= 4 is 17.6 Å². The molecule has 1 rings (SSSR count). The van der Waals surface area contributed by atoms with Crippen LogP contribution in [0.4, 0.5) is 5.82 Å². The first-order valence-corrected chi connectivity index (χ1v) is 7.40. The number of nitrogens with one attached hydrogen (secondary N) is 1. The average molecular weight is 253 g/mol. The summed E-state index contributed by atoms with van der Waals surface area (Å²) in [5.74, 6) is 2.29. The van der Waals surface area contributed by atoms with E-state index in [9.17, 15) is 0 Å². The van der Waals surface area contributed by atoms with Crippen LogP contribution < -0.4 is 10.2 Å². The van der Waals surface area contributed by atoms with Gasteiger partial charge in [0.1, 0.15) is 5.82 Å². The lowest BCUT2D eigenvalue weighted by Gasteiger charge is -2.27. The van der Waals surface area contributed by atoms with Crippen LogP contribution in [0.5, 0.6) is 0 Å². The maximum absolute atomic E-state index is 4.51. The van der Waals surface area contributed by atoms with Crippen molar-refractivity contribution in [3.63, 3.8) is 0 Å². The lowest BCUT2D eigenvalue weighted by Crippen LogP contribution is -2.31.